The Labute approximate surface area is 73.4 Å². The number of benzene rings is 1. The molecule has 0 unspecified atom stereocenters. The van der Waals surface area contributed by atoms with Crippen molar-refractivity contribution in [3.05, 3.63) is 27.7 Å². The van der Waals surface area contributed by atoms with Gasteiger partial charge in [-0.3, -0.25) is 0 Å². The molecule has 0 saturated carbocycles. The highest BCUT2D eigenvalue weighted by atomic mass is 35.5. The van der Waals surface area contributed by atoms with Crippen LogP contribution in [0.4, 0.5) is 4.39 Å². The van der Waals surface area contributed by atoms with Gasteiger partial charge in [0.1, 0.15) is 12.4 Å². The Hall–Kier alpha value is -0.470. The van der Waals surface area contributed by atoms with E-state index in [1.807, 2.05) is 0 Å². The van der Waals surface area contributed by atoms with E-state index in [-0.39, 0.29) is 21.4 Å². The zero-order valence-electron chi connectivity index (χ0n) is 5.44. The molecular weight excluding hydrogens is 190 g/mol. The molecule has 1 aromatic carbocycles. The van der Waals surface area contributed by atoms with E-state index in [1.165, 1.54) is 12.1 Å². The number of halogens is 3. The second-order valence-corrected chi connectivity index (χ2v) is 2.80. The third kappa shape index (κ3) is 1.57. The zero-order valence-corrected chi connectivity index (χ0v) is 6.95. The van der Waals surface area contributed by atoms with Crippen molar-refractivity contribution in [2.75, 3.05) is 0 Å². The van der Waals surface area contributed by atoms with E-state index < -0.39 is 6.67 Å². The van der Waals surface area contributed by atoms with Crippen molar-refractivity contribution < 1.29 is 9.50 Å². The molecule has 1 N–H and O–H groups in total. The molecule has 0 bridgehead atoms. The van der Waals surface area contributed by atoms with Crippen molar-refractivity contribution in [1.29, 1.82) is 0 Å². The predicted octanol–water partition coefficient (Wildman–Crippen LogP) is 3.17. The van der Waals surface area contributed by atoms with E-state index in [1.54, 1.807) is 0 Å². The van der Waals surface area contributed by atoms with E-state index in [9.17, 15) is 4.39 Å². The van der Waals surface area contributed by atoms with E-state index in [0.29, 0.717) is 0 Å². The van der Waals surface area contributed by atoms with Crippen LogP contribution in [0.15, 0.2) is 12.1 Å². The number of phenolic OH excluding ortho intramolecular Hbond substituents is 1. The number of phenols is 1. The molecular formula is C7H5Cl2FO. The van der Waals surface area contributed by atoms with Crippen LogP contribution in [0.5, 0.6) is 5.75 Å². The monoisotopic (exact) mass is 194 g/mol. The first-order valence-corrected chi connectivity index (χ1v) is 3.64. The summed E-state index contributed by atoms with van der Waals surface area (Å²) in [6.07, 6.45) is 0. The highest BCUT2D eigenvalue weighted by molar-refractivity contribution is 6.34. The van der Waals surface area contributed by atoms with Crippen LogP contribution < -0.4 is 0 Å². The zero-order chi connectivity index (χ0) is 8.43. The van der Waals surface area contributed by atoms with E-state index in [2.05, 4.69) is 0 Å². The average Bonchev–Trinajstić information content (AvgIpc) is 1.99. The topological polar surface area (TPSA) is 20.2 Å². The highest BCUT2D eigenvalue weighted by Gasteiger charge is 2.08. The smallest absolute Gasteiger partial charge is 0.141 e. The predicted molar refractivity (Wildman–Crippen MR) is 42.9 cm³/mol. The number of hydrogen-bond acceptors (Lipinski definition) is 1. The van der Waals surface area contributed by atoms with Crippen molar-refractivity contribution >= 4 is 23.2 Å². The molecule has 0 fully saturated rings. The molecule has 0 saturated heterocycles. The Morgan fingerprint density at radius 1 is 1.27 bits per heavy atom. The summed E-state index contributed by atoms with van der Waals surface area (Å²) in [7, 11) is 0. The quantitative estimate of drug-likeness (QED) is 0.729. The van der Waals surface area contributed by atoms with Gasteiger partial charge in [-0.15, -0.1) is 0 Å². The molecule has 1 rings (SSSR count). The molecule has 0 heterocycles. The third-order valence-electron chi connectivity index (χ3n) is 1.31. The Kier molecular flexibility index (Phi) is 2.58. The maximum Gasteiger partial charge on any atom is 0.141 e. The number of alkyl halides is 1. The second-order valence-electron chi connectivity index (χ2n) is 1.99. The molecule has 1 aromatic rings. The maximum atomic E-state index is 12.1. The summed E-state index contributed by atoms with van der Waals surface area (Å²) >= 11 is 11.0. The number of aromatic hydroxyl groups is 1. The minimum Gasteiger partial charge on any atom is -0.506 e. The summed E-state index contributed by atoms with van der Waals surface area (Å²) in [5, 5.41) is 9.42. The van der Waals surface area contributed by atoms with Gasteiger partial charge in [-0.05, 0) is 12.1 Å². The summed E-state index contributed by atoms with van der Waals surface area (Å²) in [4.78, 5) is 0. The van der Waals surface area contributed by atoms with E-state index in [0.717, 1.165) is 0 Å². The van der Waals surface area contributed by atoms with Crippen LogP contribution in [0.25, 0.3) is 0 Å². The van der Waals surface area contributed by atoms with E-state index in [4.69, 9.17) is 28.3 Å². The van der Waals surface area contributed by atoms with Crippen molar-refractivity contribution in [3.63, 3.8) is 0 Å². The van der Waals surface area contributed by atoms with Gasteiger partial charge in [-0.1, -0.05) is 23.2 Å². The van der Waals surface area contributed by atoms with Crippen LogP contribution in [-0.4, -0.2) is 5.11 Å². The fourth-order valence-corrected chi connectivity index (χ4v) is 1.09. The Bertz CT molecular complexity index is 275. The summed E-state index contributed by atoms with van der Waals surface area (Å²) in [6, 6.07) is 2.86. The molecule has 0 spiro atoms. The fraction of sp³-hybridized carbons (Fsp3) is 0.143. The SMILES string of the molecule is Oc1c(Cl)ccc(Cl)c1CF. The lowest BCUT2D eigenvalue weighted by molar-refractivity contribution is 0.433. The first-order valence-electron chi connectivity index (χ1n) is 2.88. The molecule has 0 amide bonds. The van der Waals surface area contributed by atoms with Crippen LogP contribution in [0.2, 0.25) is 10.0 Å². The molecule has 1 nitrogen and oxygen atoms in total. The molecule has 4 heteroatoms. The number of hydrogen-bond donors (Lipinski definition) is 1. The normalized spacial score (nSPS) is 10.1. The molecule has 60 valence electrons. The van der Waals surface area contributed by atoms with Crippen LogP contribution in [-0.2, 0) is 6.67 Å². The van der Waals surface area contributed by atoms with Gasteiger partial charge < -0.3 is 5.11 Å². The van der Waals surface area contributed by atoms with Gasteiger partial charge in [0.25, 0.3) is 0 Å². The summed E-state index contributed by atoms with van der Waals surface area (Å²) in [6.45, 7) is -0.814. The molecule has 0 aliphatic heterocycles. The first-order chi connectivity index (χ1) is 5.16. The summed E-state index contributed by atoms with van der Waals surface area (Å²) in [5.41, 5.74) is 0.0409. The lowest BCUT2D eigenvalue weighted by Crippen LogP contribution is -1.82. The third-order valence-corrected chi connectivity index (χ3v) is 1.97. The molecule has 11 heavy (non-hydrogen) atoms. The average molecular weight is 195 g/mol. The van der Waals surface area contributed by atoms with E-state index >= 15 is 0 Å². The van der Waals surface area contributed by atoms with Gasteiger partial charge in [-0.25, -0.2) is 4.39 Å². The standard InChI is InChI=1S/C7H5Cl2FO/c8-5-1-2-6(9)7(11)4(5)3-10/h1-2,11H,3H2. The molecule has 0 radical (unpaired) electrons. The van der Waals surface area contributed by atoms with Gasteiger partial charge in [0.15, 0.2) is 0 Å². The maximum absolute atomic E-state index is 12.1. The van der Waals surface area contributed by atoms with Crippen molar-refractivity contribution in [2.45, 2.75) is 6.67 Å². The van der Waals surface area contributed by atoms with Crippen LogP contribution in [0.3, 0.4) is 0 Å². The number of rotatable bonds is 1. The highest BCUT2D eigenvalue weighted by Crippen LogP contribution is 2.33. The first kappa shape index (κ1) is 8.62. The van der Waals surface area contributed by atoms with Crippen LogP contribution in [0.1, 0.15) is 5.56 Å². The van der Waals surface area contributed by atoms with Crippen molar-refractivity contribution in [3.8, 4) is 5.75 Å². The minimum atomic E-state index is -0.814. The molecule has 0 atom stereocenters. The minimum absolute atomic E-state index is 0.0409. The van der Waals surface area contributed by atoms with Crippen LogP contribution >= 0.6 is 23.2 Å². The molecule has 0 aliphatic carbocycles. The second kappa shape index (κ2) is 3.28. The summed E-state index contributed by atoms with van der Waals surface area (Å²) < 4.78 is 12.1. The largest absolute Gasteiger partial charge is 0.506 e. The van der Waals surface area contributed by atoms with Gasteiger partial charge in [-0.2, -0.15) is 0 Å². The molecule has 0 aliphatic rings. The van der Waals surface area contributed by atoms with Crippen molar-refractivity contribution in [2.24, 2.45) is 0 Å². The lowest BCUT2D eigenvalue weighted by atomic mass is 10.2. The van der Waals surface area contributed by atoms with Crippen molar-refractivity contribution in [1.82, 2.24) is 0 Å². The fourth-order valence-electron chi connectivity index (χ4n) is 0.710. The Balaban J connectivity index is 3.29. The van der Waals surface area contributed by atoms with Gasteiger partial charge in [0.2, 0.25) is 0 Å². The van der Waals surface area contributed by atoms with Gasteiger partial charge >= 0.3 is 0 Å². The Morgan fingerprint density at radius 3 is 2.27 bits per heavy atom. The van der Waals surface area contributed by atoms with Gasteiger partial charge in [0, 0.05) is 5.56 Å². The summed E-state index contributed by atoms with van der Waals surface area (Å²) in [5.74, 6) is -0.276. The van der Waals surface area contributed by atoms with Crippen LogP contribution in [0, 0.1) is 0 Å². The lowest BCUT2D eigenvalue weighted by Gasteiger charge is -2.03. The van der Waals surface area contributed by atoms with Gasteiger partial charge in [0.05, 0.1) is 10.0 Å². The Morgan fingerprint density at radius 2 is 1.82 bits per heavy atom. The molecule has 0 aromatic heterocycles.